The predicted octanol–water partition coefficient (Wildman–Crippen LogP) is 3.76. The standard InChI is InChI=1S/C11H14BrN/c1-7-9-6-8(12)4-5-10(9)13-11(7,2)3/h4-7,13H,1-3H3. The van der Waals surface area contributed by atoms with Gasteiger partial charge < -0.3 is 5.32 Å². The highest BCUT2D eigenvalue weighted by Crippen LogP contribution is 2.42. The molecule has 1 heterocycles. The molecule has 13 heavy (non-hydrogen) atoms. The molecule has 0 aliphatic carbocycles. The molecule has 1 aromatic carbocycles. The van der Waals surface area contributed by atoms with Gasteiger partial charge in [0, 0.05) is 21.6 Å². The summed E-state index contributed by atoms with van der Waals surface area (Å²) in [6.45, 7) is 6.75. The molecule has 1 aromatic rings. The molecular formula is C11H14BrN. The summed E-state index contributed by atoms with van der Waals surface area (Å²) in [4.78, 5) is 0. The largest absolute Gasteiger partial charge is 0.379 e. The van der Waals surface area contributed by atoms with Gasteiger partial charge in [-0.15, -0.1) is 0 Å². The summed E-state index contributed by atoms with van der Waals surface area (Å²) in [5.74, 6) is 0.569. The Morgan fingerprint density at radius 3 is 2.77 bits per heavy atom. The van der Waals surface area contributed by atoms with Crippen molar-refractivity contribution in [1.29, 1.82) is 0 Å². The average Bonchev–Trinajstić information content (AvgIpc) is 2.26. The Bertz CT molecular complexity index is 344. The molecule has 0 bridgehead atoms. The minimum atomic E-state index is 0.184. The summed E-state index contributed by atoms with van der Waals surface area (Å²) in [6, 6.07) is 6.44. The molecule has 0 amide bonds. The van der Waals surface area contributed by atoms with Gasteiger partial charge in [0.05, 0.1) is 0 Å². The first-order chi connectivity index (χ1) is 6.00. The second kappa shape index (κ2) is 2.74. The van der Waals surface area contributed by atoms with Gasteiger partial charge in [-0.1, -0.05) is 22.9 Å². The zero-order chi connectivity index (χ0) is 9.64. The molecule has 1 aliphatic rings. The molecule has 1 unspecified atom stereocenters. The minimum Gasteiger partial charge on any atom is -0.379 e. The van der Waals surface area contributed by atoms with Crippen molar-refractivity contribution in [2.24, 2.45) is 0 Å². The van der Waals surface area contributed by atoms with E-state index >= 15 is 0 Å². The molecule has 0 aromatic heterocycles. The number of fused-ring (bicyclic) bond motifs is 1. The van der Waals surface area contributed by atoms with E-state index in [-0.39, 0.29) is 5.54 Å². The highest BCUT2D eigenvalue weighted by molar-refractivity contribution is 9.10. The molecule has 1 atom stereocenters. The summed E-state index contributed by atoms with van der Waals surface area (Å²) in [5.41, 5.74) is 2.88. The maximum absolute atomic E-state index is 3.53. The van der Waals surface area contributed by atoms with E-state index in [4.69, 9.17) is 0 Å². The van der Waals surface area contributed by atoms with Crippen LogP contribution in [-0.4, -0.2) is 5.54 Å². The highest BCUT2D eigenvalue weighted by Gasteiger charge is 2.34. The average molecular weight is 240 g/mol. The van der Waals surface area contributed by atoms with Crippen molar-refractivity contribution in [3.05, 3.63) is 28.2 Å². The summed E-state index contributed by atoms with van der Waals surface area (Å²) in [6.07, 6.45) is 0. The lowest BCUT2D eigenvalue weighted by Crippen LogP contribution is -2.30. The van der Waals surface area contributed by atoms with Gasteiger partial charge in [-0.3, -0.25) is 0 Å². The third-order valence-electron chi connectivity index (χ3n) is 3.02. The summed E-state index contributed by atoms with van der Waals surface area (Å²) >= 11 is 3.50. The van der Waals surface area contributed by atoms with Gasteiger partial charge in [-0.2, -0.15) is 0 Å². The lowest BCUT2D eigenvalue weighted by atomic mass is 9.88. The Labute approximate surface area is 87.7 Å². The number of benzene rings is 1. The van der Waals surface area contributed by atoms with Gasteiger partial charge in [0.15, 0.2) is 0 Å². The van der Waals surface area contributed by atoms with Gasteiger partial charge in [0.25, 0.3) is 0 Å². The molecule has 0 spiro atoms. The zero-order valence-corrected chi connectivity index (χ0v) is 9.77. The maximum atomic E-state index is 3.53. The van der Waals surface area contributed by atoms with Crippen LogP contribution in [0.15, 0.2) is 22.7 Å². The Hall–Kier alpha value is -0.500. The normalized spacial score (nSPS) is 23.8. The zero-order valence-electron chi connectivity index (χ0n) is 8.19. The molecule has 0 radical (unpaired) electrons. The van der Waals surface area contributed by atoms with Gasteiger partial charge in [0.1, 0.15) is 0 Å². The van der Waals surface area contributed by atoms with Crippen molar-refractivity contribution in [2.45, 2.75) is 32.2 Å². The van der Waals surface area contributed by atoms with E-state index in [1.54, 1.807) is 0 Å². The van der Waals surface area contributed by atoms with Gasteiger partial charge in [-0.25, -0.2) is 0 Å². The third kappa shape index (κ3) is 1.37. The van der Waals surface area contributed by atoms with Crippen LogP contribution in [0.5, 0.6) is 0 Å². The van der Waals surface area contributed by atoms with Crippen molar-refractivity contribution in [3.8, 4) is 0 Å². The molecule has 0 saturated heterocycles. The van der Waals surface area contributed by atoms with E-state index in [9.17, 15) is 0 Å². The molecule has 1 N–H and O–H groups in total. The van der Waals surface area contributed by atoms with Gasteiger partial charge in [0.2, 0.25) is 0 Å². The first-order valence-corrected chi connectivity index (χ1v) is 5.37. The number of nitrogens with one attached hydrogen (secondary N) is 1. The van der Waals surface area contributed by atoms with E-state index in [1.165, 1.54) is 11.3 Å². The van der Waals surface area contributed by atoms with Crippen molar-refractivity contribution < 1.29 is 0 Å². The molecule has 0 fully saturated rings. The van der Waals surface area contributed by atoms with E-state index < -0.39 is 0 Å². The first kappa shape index (κ1) is 9.07. The lowest BCUT2D eigenvalue weighted by molar-refractivity contribution is 0.502. The van der Waals surface area contributed by atoms with E-state index in [2.05, 4.69) is 60.2 Å². The maximum Gasteiger partial charge on any atom is 0.0384 e. The van der Waals surface area contributed by atoms with Crippen LogP contribution in [0.3, 0.4) is 0 Å². The number of hydrogen-bond donors (Lipinski definition) is 1. The smallest absolute Gasteiger partial charge is 0.0384 e. The first-order valence-electron chi connectivity index (χ1n) is 4.58. The van der Waals surface area contributed by atoms with Crippen molar-refractivity contribution in [1.82, 2.24) is 0 Å². The van der Waals surface area contributed by atoms with Crippen LogP contribution in [0.1, 0.15) is 32.3 Å². The van der Waals surface area contributed by atoms with Gasteiger partial charge >= 0.3 is 0 Å². The fraction of sp³-hybridized carbons (Fsp3) is 0.455. The summed E-state index contributed by atoms with van der Waals surface area (Å²) in [5, 5.41) is 3.53. The topological polar surface area (TPSA) is 12.0 Å². The Morgan fingerprint density at radius 2 is 2.08 bits per heavy atom. The number of rotatable bonds is 0. The van der Waals surface area contributed by atoms with Crippen molar-refractivity contribution in [2.75, 3.05) is 5.32 Å². The van der Waals surface area contributed by atoms with Crippen molar-refractivity contribution in [3.63, 3.8) is 0 Å². The number of anilines is 1. The lowest BCUT2D eigenvalue weighted by Gasteiger charge is -2.24. The van der Waals surface area contributed by atoms with Crippen LogP contribution in [0, 0.1) is 0 Å². The predicted molar refractivity (Wildman–Crippen MR) is 60.3 cm³/mol. The number of hydrogen-bond acceptors (Lipinski definition) is 1. The Morgan fingerprint density at radius 1 is 1.38 bits per heavy atom. The second-order valence-electron chi connectivity index (χ2n) is 4.30. The molecular weight excluding hydrogens is 226 g/mol. The van der Waals surface area contributed by atoms with Crippen LogP contribution in [0.2, 0.25) is 0 Å². The summed E-state index contributed by atoms with van der Waals surface area (Å²) < 4.78 is 1.16. The Kier molecular flexibility index (Phi) is 1.91. The van der Waals surface area contributed by atoms with Crippen LogP contribution in [0.25, 0.3) is 0 Å². The SMILES string of the molecule is CC1c2cc(Br)ccc2NC1(C)C. The van der Waals surface area contributed by atoms with Gasteiger partial charge in [-0.05, 0) is 37.6 Å². The molecule has 2 heteroatoms. The third-order valence-corrected chi connectivity index (χ3v) is 3.51. The quantitative estimate of drug-likeness (QED) is 0.728. The second-order valence-corrected chi connectivity index (χ2v) is 5.22. The molecule has 1 nitrogen and oxygen atoms in total. The van der Waals surface area contributed by atoms with E-state index in [1.807, 2.05) is 0 Å². The van der Waals surface area contributed by atoms with Crippen LogP contribution in [-0.2, 0) is 0 Å². The summed E-state index contributed by atoms with van der Waals surface area (Å²) in [7, 11) is 0. The fourth-order valence-electron chi connectivity index (χ4n) is 1.85. The van der Waals surface area contributed by atoms with E-state index in [0.29, 0.717) is 5.92 Å². The Balaban J connectivity index is 2.51. The van der Waals surface area contributed by atoms with Crippen LogP contribution >= 0.6 is 15.9 Å². The molecule has 1 aliphatic heterocycles. The molecule has 0 saturated carbocycles. The van der Waals surface area contributed by atoms with E-state index in [0.717, 1.165) is 4.47 Å². The highest BCUT2D eigenvalue weighted by atomic mass is 79.9. The molecule has 2 rings (SSSR count). The number of halogens is 1. The van der Waals surface area contributed by atoms with Crippen LogP contribution in [0.4, 0.5) is 5.69 Å². The molecule has 70 valence electrons. The minimum absolute atomic E-state index is 0.184. The van der Waals surface area contributed by atoms with Crippen LogP contribution < -0.4 is 5.32 Å². The fourth-order valence-corrected chi connectivity index (χ4v) is 2.23. The van der Waals surface area contributed by atoms with Crippen molar-refractivity contribution >= 4 is 21.6 Å². The monoisotopic (exact) mass is 239 g/mol.